The van der Waals surface area contributed by atoms with Crippen LogP contribution in [0.5, 0.6) is 5.75 Å². The summed E-state index contributed by atoms with van der Waals surface area (Å²) >= 11 is 0. The number of hydroxylamine groups is 1. The molecule has 2 N–H and O–H groups in total. The fourth-order valence-electron chi connectivity index (χ4n) is 1.05. The molecule has 0 bridgehead atoms. The zero-order chi connectivity index (χ0) is 12.0. The Kier molecular flexibility index (Phi) is 4.28. The minimum Gasteiger partial charge on any atom is -0.483 e. The highest BCUT2D eigenvalue weighted by atomic mass is 16.5. The van der Waals surface area contributed by atoms with E-state index in [0.717, 1.165) is 0 Å². The second kappa shape index (κ2) is 5.72. The second-order valence-corrected chi connectivity index (χ2v) is 2.81. The topological polar surface area (TPSA) is 84.9 Å². The molecule has 1 aromatic rings. The summed E-state index contributed by atoms with van der Waals surface area (Å²) in [7, 11) is 1.25. The van der Waals surface area contributed by atoms with Gasteiger partial charge in [0.1, 0.15) is 11.3 Å². The predicted molar refractivity (Wildman–Crippen MR) is 53.2 cm³/mol. The first-order valence-electron chi connectivity index (χ1n) is 4.42. The first kappa shape index (κ1) is 12.0. The van der Waals surface area contributed by atoms with Crippen LogP contribution in [0.15, 0.2) is 24.3 Å². The molecule has 0 unspecified atom stereocenters. The third kappa shape index (κ3) is 2.96. The smallest absolute Gasteiger partial charge is 0.341 e. The van der Waals surface area contributed by atoms with E-state index >= 15 is 0 Å². The largest absolute Gasteiger partial charge is 0.483 e. The van der Waals surface area contributed by atoms with Crippen LogP contribution in [0.3, 0.4) is 0 Å². The Labute approximate surface area is 91.7 Å². The fourth-order valence-corrected chi connectivity index (χ4v) is 1.05. The predicted octanol–water partition coefficient (Wildman–Crippen LogP) is 0.357. The van der Waals surface area contributed by atoms with E-state index in [1.165, 1.54) is 24.7 Å². The van der Waals surface area contributed by atoms with E-state index in [2.05, 4.69) is 4.74 Å². The van der Waals surface area contributed by atoms with Crippen molar-refractivity contribution in [1.82, 2.24) is 5.48 Å². The summed E-state index contributed by atoms with van der Waals surface area (Å²) in [6.45, 7) is -0.384. The van der Waals surface area contributed by atoms with E-state index < -0.39 is 11.9 Å². The molecule has 0 atom stereocenters. The van der Waals surface area contributed by atoms with Gasteiger partial charge in [0.2, 0.25) is 0 Å². The van der Waals surface area contributed by atoms with Gasteiger partial charge >= 0.3 is 5.97 Å². The summed E-state index contributed by atoms with van der Waals surface area (Å²) in [5.41, 5.74) is 1.64. The average molecular weight is 225 g/mol. The Morgan fingerprint density at radius 2 is 2.06 bits per heavy atom. The monoisotopic (exact) mass is 225 g/mol. The van der Waals surface area contributed by atoms with Crippen molar-refractivity contribution < 1.29 is 24.3 Å². The van der Waals surface area contributed by atoms with Crippen LogP contribution in [0.25, 0.3) is 0 Å². The Morgan fingerprint density at radius 1 is 1.38 bits per heavy atom. The van der Waals surface area contributed by atoms with Gasteiger partial charge in [-0.1, -0.05) is 12.1 Å². The maximum atomic E-state index is 11.3. The molecule has 0 spiro atoms. The van der Waals surface area contributed by atoms with Crippen LogP contribution < -0.4 is 10.2 Å². The highest BCUT2D eigenvalue weighted by Crippen LogP contribution is 2.18. The quantitative estimate of drug-likeness (QED) is 0.439. The summed E-state index contributed by atoms with van der Waals surface area (Å²) in [6.07, 6.45) is 0. The zero-order valence-electron chi connectivity index (χ0n) is 8.60. The van der Waals surface area contributed by atoms with Crippen LogP contribution >= 0.6 is 0 Å². The van der Waals surface area contributed by atoms with Gasteiger partial charge in [-0.05, 0) is 12.1 Å². The van der Waals surface area contributed by atoms with Gasteiger partial charge in [-0.3, -0.25) is 10.0 Å². The number of carbonyl (C=O) groups is 2. The lowest BCUT2D eigenvalue weighted by Gasteiger charge is -2.08. The summed E-state index contributed by atoms with van der Waals surface area (Å²) in [6, 6.07) is 6.33. The summed E-state index contributed by atoms with van der Waals surface area (Å²) in [5.74, 6) is -1.04. The first-order valence-corrected chi connectivity index (χ1v) is 4.42. The number of para-hydroxylation sites is 1. The molecule has 0 heterocycles. The number of carbonyl (C=O) groups excluding carboxylic acids is 2. The van der Waals surface area contributed by atoms with Crippen molar-refractivity contribution in [2.45, 2.75) is 0 Å². The zero-order valence-corrected chi connectivity index (χ0v) is 8.60. The van der Waals surface area contributed by atoms with Crippen molar-refractivity contribution in [1.29, 1.82) is 0 Å². The third-order valence-electron chi connectivity index (χ3n) is 1.78. The highest BCUT2D eigenvalue weighted by molar-refractivity contribution is 5.92. The Bertz CT molecular complexity index is 391. The Balaban J connectivity index is 2.79. The number of hydrogen-bond acceptors (Lipinski definition) is 5. The standard InChI is InChI=1S/C10H11NO5/c1-15-10(13)7-4-2-3-5-8(7)16-6-9(12)11-14/h2-5,14H,6H2,1H3,(H,11,12). The summed E-state index contributed by atoms with van der Waals surface area (Å²) in [5, 5.41) is 8.27. The van der Waals surface area contributed by atoms with E-state index in [-0.39, 0.29) is 17.9 Å². The van der Waals surface area contributed by atoms with Crippen LogP contribution in [-0.2, 0) is 9.53 Å². The van der Waals surface area contributed by atoms with E-state index in [1.54, 1.807) is 12.1 Å². The normalized spacial score (nSPS) is 9.38. The second-order valence-electron chi connectivity index (χ2n) is 2.81. The van der Waals surface area contributed by atoms with Gasteiger partial charge in [-0.25, -0.2) is 10.3 Å². The molecule has 0 aromatic heterocycles. The average Bonchev–Trinajstić information content (AvgIpc) is 2.35. The molecule has 0 radical (unpaired) electrons. The molecular weight excluding hydrogens is 214 g/mol. The Morgan fingerprint density at radius 3 is 2.69 bits per heavy atom. The SMILES string of the molecule is COC(=O)c1ccccc1OCC(=O)NO. The van der Waals surface area contributed by atoms with Crippen LogP contribution in [0, 0.1) is 0 Å². The van der Waals surface area contributed by atoms with E-state index in [1.807, 2.05) is 0 Å². The maximum absolute atomic E-state index is 11.3. The van der Waals surface area contributed by atoms with Crippen LogP contribution in [0.2, 0.25) is 0 Å². The van der Waals surface area contributed by atoms with Crippen LogP contribution in [0.4, 0.5) is 0 Å². The molecule has 0 aliphatic carbocycles. The first-order chi connectivity index (χ1) is 7.69. The lowest BCUT2D eigenvalue weighted by molar-refractivity contribution is -0.131. The molecule has 0 aliphatic rings. The summed E-state index contributed by atoms with van der Waals surface area (Å²) < 4.78 is 9.58. The van der Waals surface area contributed by atoms with Gasteiger partial charge in [0.25, 0.3) is 5.91 Å². The molecule has 16 heavy (non-hydrogen) atoms. The lowest BCUT2D eigenvalue weighted by atomic mass is 10.2. The molecule has 86 valence electrons. The number of nitrogens with one attached hydrogen (secondary N) is 1. The molecule has 0 fully saturated rings. The number of amides is 1. The highest BCUT2D eigenvalue weighted by Gasteiger charge is 2.12. The van der Waals surface area contributed by atoms with Gasteiger partial charge < -0.3 is 9.47 Å². The van der Waals surface area contributed by atoms with Crippen molar-refractivity contribution in [3.05, 3.63) is 29.8 Å². The molecular formula is C10H11NO5. The molecule has 0 saturated heterocycles. The van der Waals surface area contributed by atoms with Crippen molar-refractivity contribution in [3.63, 3.8) is 0 Å². The fraction of sp³-hybridized carbons (Fsp3) is 0.200. The Hall–Kier alpha value is -2.08. The lowest BCUT2D eigenvalue weighted by Crippen LogP contribution is -2.25. The van der Waals surface area contributed by atoms with E-state index in [4.69, 9.17) is 9.94 Å². The van der Waals surface area contributed by atoms with Gasteiger partial charge in [0, 0.05) is 0 Å². The molecule has 0 saturated carbocycles. The number of esters is 1. The van der Waals surface area contributed by atoms with Crippen molar-refractivity contribution >= 4 is 11.9 Å². The van der Waals surface area contributed by atoms with Gasteiger partial charge in [-0.15, -0.1) is 0 Å². The van der Waals surface area contributed by atoms with Crippen LogP contribution in [0.1, 0.15) is 10.4 Å². The summed E-state index contributed by atoms with van der Waals surface area (Å²) in [4.78, 5) is 22.0. The number of hydrogen-bond donors (Lipinski definition) is 2. The molecule has 0 aliphatic heterocycles. The number of ether oxygens (including phenoxy) is 2. The van der Waals surface area contributed by atoms with Gasteiger partial charge in [-0.2, -0.15) is 0 Å². The van der Waals surface area contributed by atoms with Crippen molar-refractivity contribution in [3.8, 4) is 5.75 Å². The van der Waals surface area contributed by atoms with E-state index in [9.17, 15) is 9.59 Å². The maximum Gasteiger partial charge on any atom is 0.341 e. The minimum atomic E-state index is -0.709. The molecule has 1 amide bonds. The number of methoxy groups -OCH3 is 1. The molecule has 1 aromatic carbocycles. The van der Waals surface area contributed by atoms with Gasteiger partial charge in [0.15, 0.2) is 6.61 Å². The van der Waals surface area contributed by atoms with E-state index in [0.29, 0.717) is 0 Å². The number of rotatable bonds is 4. The van der Waals surface area contributed by atoms with Gasteiger partial charge in [0.05, 0.1) is 7.11 Å². The van der Waals surface area contributed by atoms with Crippen LogP contribution in [-0.4, -0.2) is 30.8 Å². The van der Waals surface area contributed by atoms with Crippen molar-refractivity contribution in [2.24, 2.45) is 0 Å². The molecule has 6 nitrogen and oxygen atoms in total. The third-order valence-corrected chi connectivity index (χ3v) is 1.78. The minimum absolute atomic E-state index is 0.218. The number of benzene rings is 1. The van der Waals surface area contributed by atoms with Crippen molar-refractivity contribution in [2.75, 3.05) is 13.7 Å². The molecule has 6 heteroatoms. The molecule has 1 rings (SSSR count).